The Morgan fingerprint density at radius 1 is 1.31 bits per heavy atom. The molecule has 1 aromatic heterocycles. The van der Waals surface area contributed by atoms with Gasteiger partial charge in [0.2, 0.25) is 5.88 Å². The van der Waals surface area contributed by atoms with Crippen LogP contribution in [-0.2, 0) is 4.57 Å². The molecule has 0 spiro atoms. The molecule has 1 saturated carbocycles. The van der Waals surface area contributed by atoms with E-state index >= 15 is 0 Å². The van der Waals surface area contributed by atoms with Crippen LogP contribution in [0.2, 0.25) is 0 Å². The van der Waals surface area contributed by atoms with Crippen LogP contribution >= 0.6 is 7.60 Å². The quantitative estimate of drug-likeness (QED) is 0.674. The predicted molar refractivity (Wildman–Crippen MR) is 57.7 cm³/mol. The van der Waals surface area contributed by atoms with E-state index in [1.807, 2.05) is 0 Å². The molecule has 7 heteroatoms. The van der Waals surface area contributed by atoms with Crippen LogP contribution in [0.1, 0.15) is 38.1 Å². The summed E-state index contributed by atoms with van der Waals surface area (Å²) in [4.78, 5) is 18.0. The van der Waals surface area contributed by atoms with Crippen molar-refractivity contribution < 1.29 is 19.5 Å². The first-order chi connectivity index (χ1) is 7.50. The molecule has 0 radical (unpaired) electrons. The van der Waals surface area contributed by atoms with Gasteiger partial charge in [0.05, 0.1) is 12.2 Å². The number of nitrogens with zero attached hydrogens (tertiary/aromatic N) is 2. The molecular weight excluding hydrogens is 231 g/mol. The molecule has 0 bridgehead atoms. The van der Waals surface area contributed by atoms with E-state index in [4.69, 9.17) is 9.79 Å². The van der Waals surface area contributed by atoms with Gasteiger partial charge in [0.1, 0.15) is 5.30 Å². The van der Waals surface area contributed by atoms with Crippen molar-refractivity contribution in [2.75, 3.05) is 0 Å². The van der Waals surface area contributed by atoms with Gasteiger partial charge in [0, 0.05) is 0 Å². The molecule has 0 amide bonds. The fourth-order valence-electron chi connectivity index (χ4n) is 2.14. The average molecular weight is 246 g/mol. The summed E-state index contributed by atoms with van der Waals surface area (Å²) in [5.41, 5.74) is 0. The molecule has 0 aliphatic heterocycles. The Morgan fingerprint density at radius 3 is 2.44 bits per heavy atom. The Hall–Kier alpha value is -0.840. The lowest BCUT2D eigenvalue weighted by atomic mass is 9.96. The van der Waals surface area contributed by atoms with E-state index in [0.717, 1.165) is 31.9 Å². The lowest BCUT2D eigenvalue weighted by Gasteiger charge is -2.22. The number of rotatable bonds is 2. The Kier molecular flexibility index (Phi) is 3.06. The van der Waals surface area contributed by atoms with Crippen molar-refractivity contribution in [1.29, 1.82) is 0 Å². The molecule has 0 saturated heterocycles. The second-order valence-corrected chi connectivity index (χ2v) is 5.70. The van der Waals surface area contributed by atoms with E-state index in [-0.39, 0.29) is 17.2 Å². The monoisotopic (exact) mass is 246 g/mol. The molecule has 1 aliphatic carbocycles. The Bertz CT molecular complexity index is 419. The van der Waals surface area contributed by atoms with Crippen LogP contribution in [0.3, 0.4) is 0 Å². The molecule has 0 unspecified atom stereocenters. The third-order valence-electron chi connectivity index (χ3n) is 2.98. The molecule has 1 aromatic rings. The first-order valence-corrected chi connectivity index (χ1v) is 6.94. The minimum Gasteiger partial charge on any atom is -0.493 e. The van der Waals surface area contributed by atoms with Crippen LogP contribution in [0.25, 0.3) is 0 Å². The van der Waals surface area contributed by atoms with Crippen LogP contribution in [0.15, 0.2) is 6.20 Å². The molecule has 1 fully saturated rings. The summed E-state index contributed by atoms with van der Waals surface area (Å²) in [6.45, 7) is 0. The number of hydrogen-bond acceptors (Lipinski definition) is 3. The summed E-state index contributed by atoms with van der Waals surface area (Å²) in [6, 6.07) is 0.0639. The Labute approximate surface area is 93.1 Å². The molecule has 16 heavy (non-hydrogen) atoms. The fraction of sp³-hybridized carbons (Fsp3) is 0.667. The van der Waals surface area contributed by atoms with Gasteiger partial charge in [0.15, 0.2) is 0 Å². The number of aromatic hydroxyl groups is 1. The topological polar surface area (TPSA) is 95.6 Å². The van der Waals surface area contributed by atoms with Crippen LogP contribution in [0.4, 0.5) is 0 Å². The largest absolute Gasteiger partial charge is 0.493 e. The van der Waals surface area contributed by atoms with E-state index < -0.39 is 7.60 Å². The average Bonchev–Trinajstić information content (AvgIpc) is 2.61. The van der Waals surface area contributed by atoms with Crippen molar-refractivity contribution in [3.63, 3.8) is 0 Å². The minimum atomic E-state index is -4.42. The van der Waals surface area contributed by atoms with E-state index in [9.17, 15) is 9.67 Å². The Morgan fingerprint density at radius 2 is 1.94 bits per heavy atom. The van der Waals surface area contributed by atoms with E-state index in [1.165, 1.54) is 11.1 Å². The van der Waals surface area contributed by atoms with Crippen molar-refractivity contribution in [3.8, 4) is 5.88 Å². The van der Waals surface area contributed by atoms with Gasteiger partial charge in [-0.1, -0.05) is 19.3 Å². The summed E-state index contributed by atoms with van der Waals surface area (Å²) in [7, 11) is -4.42. The molecule has 2 rings (SSSR count). The van der Waals surface area contributed by atoms with Crippen LogP contribution in [0.5, 0.6) is 5.88 Å². The maximum absolute atomic E-state index is 11.0. The van der Waals surface area contributed by atoms with Crippen molar-refractivity contribution in [3.05, 3.63) is 6.20 Å². The third kappa shape index (κ3) is 2.14. The highest BCUT2D eigenvalue weighted by Gasteiger charge is 2.28. The number of aromatic nitrogens is 2. The van der Waals surface area contributed by atoms with Crippen LogP contribution < -0.4 is 5.30 Å². The maximum Gasteiger partial charge on any atom is 0.363 e. The minimum absolute atomic E-state index is 0.0639. The second-order valence-electron chi connectivity index (χ2n) is 4.13. The zero-order valence-electron chi connectivity index (χ0n) is 8.78. The summed E-state index contributed by atoms with van der Waals surface area (Å²) in [6.07, 6.45) is 6.16. The molecule has 0 atom stereocenters. The van der Waals surface area contributed by atoms with Crippen LogP contribution in [-0.4, -0.2) is 24.7 Å². The van der Waals surface area contributed by atoms with Gasteiger partial charge in [-0.2, -0.15) is 5.10 Å². The van der Waals surface area contributed by atoms with Gasteiger partial charge in [-0.05, 0) is 12.8 Å². The van der Waals surface area contributed by atoms with Crippen molar-refractivity contribution in [1.82, 2.24) is 9.78 Å². The van der Waals surface area contributed by atoms with Gasteiger partial charge in [0.25, 0.3) is 0 Å². The standard InChI is InChI=1S/C9H15N2O4P/c12-9-8(16(13,14)15)6-10-11(9)7-4-2-1-3-5-7/h6-7,12H,1-5H2,(H2,13,14,15). The first-order valence-electron chi connectivity index (χ1n) is 5.32. The first kappa shape index (κ1) is 11.6. The van der Waals surface area contributed by atoms with Crippen molar-refractivity contribution >= 4 is 12.9 Å². The molecule has 90 valence electrons. The van der Waals surface area contributed by atoms with Gasteiger partial charge >= 0.3 is 7.60 Å². The summed E-state index contributed by atoms with van der Waals surface area (Å²) < 4.78 is 12.4. The zero-order chi connectivity index (χ0) is 11.8. The van der Waals surface area contributed by atoms with E-state index in [1.54, 1.807) is 0 Å². The zero-order valence-corrected chi connectivity index (χ0v) is 9.68. The van der Waals surface area contributed by atoms with Crippen molar-refractivity contribution in [2.45, 2.75) is 38.1 Å². The van der Waals surface area contributed by atoms with E-state index in [2.05, 4.69) is 5.10 Å². The number of hydrogen-bond donors (Lipinski definition) is 3. The lowest BCUT2D eigenvalue weighted by molar-refractivity contribution is 0.290. The molecule has 1 heterocycles. The van der Waals surface area contributed by atoms with Crippen molar-refractivity contribution in [2.24, 2.45) is 0 Å². The highest BCUT2D eigenvalue weighted by molar-refractivity contribution is 7.60. The Balaban J connectivity index is 2.29. The SMILES string of the molecule is O=P(O)(O)c1cnn(C2CCCCC2)c1O. The second kappa shape index (κ2) is 4.20. The van der Waals surface area contributed by atoms with Gasteiger partial charge in [-0.3, -0.25) is 4.57 Å². The van der Waals surface area contributed by atoms with E-state index in [0.29, 0.717) is 0 Å². The van der Waals surface area contributed by atoms with Gasteiger partial charge in [-0.25, -0.2) is 4.68 Å². The normalized spacial score (nSPS) is 18.9. The lowest BCUT2D eigenvalue weighted by Crippen LogP contribution is -2.14. The fourth-order valence-corrected chi connectivity index (χ4v) is 2.71. The molecule has 3 N–H and O–H groups in total. The third-order valence-corrected chi connectivity index (χ3v) is 3.93. The molecule has 1 aliphatic rings. The summed E-state index contributed by atoms with van der Waals surface area (Å²) in [5, 5.41) is 13.2. The van der Waals surface area contributed by atoms with Crippen LogP contribution in [0, 0.1) is 0 Å². The maximum atomic E-state index is 11.0. The molecule has 6 nitrogen and oxygen atoms in total. The summed E-state index contributed by atoms with van der Waals surface area (Å²) in [5.74, 6) is -0.389. The van der Waals surface area contributed by atoms with Gasteiger partial charge in [-0.15, -0.1) is 0 Å². The summed E-state index contributed by atoms with van der Waals surface area (Å²) >= 11 is 0. The smallest absolute Gasteiger partial charge is 0.363 e. The van der Waals surface area contributed by atoms with Gasteiger partial charge < -0.3 is 14.9 Å². The molecule has 0 aromatic carbocycles. The molecular formula is C9H15N2O4P. The highest BCUT2D eigenvalue weighted by atomic mass is 31.2. The predicted octanol–water partition coefficient (Wildman–Crippen LogP) is 0.897. The highest BCUT2D eigenvalue weighted by Crippen LogP contribution is 2.39.